The number of benzene rings is 1. The fourth-order valence-corrected chi connectivity index (χ4v) is 1.63. The number of hydrogen-bond donors (Lipinski definition) is 2. The summed E-state index contributed by atoms with van der Waals surface area (Å²) >= 11 is 0. The van der Waals surface area contributed by atoms with Crippen LogP contribution in [0.3, 0.4) is 0 Å². The van der Waals surface area contributed by atoms with Crippen LogP contribution >= 0.6 is 0 Å². The Morgan fingerprint density at radius 1 is 1.44 bits per heavy atom. The molecule has 1 aromatic rings. The summed E-state index contributed by atoms with van der Waals surface area (Å²) in [5.74, 6) is 0.809. The van der Waals surface area contributed by atoms with Gasteiger partial charge in [0.15, 0.2) is 0 Å². The molecular formula is C14H21NO3. The van der Waals surface area contributed by atoms with Crippen LogP contribution in [-0.4, -0.2) is 31.3 Å². The van der Waals surface area contributed by atoms with Gasteiger partial charge in [-0.15, -0.1) is 0 Å². The molecule has 2 N–H and O–H groups in total. The quantitative estimate of drug-likeness (QED) is 0.759. The highest BCUT2D eigenvalue weighted by molar-refractivity contribution is 5.97. The van der Waals surface area contributed by atoms with Crippen molar-refractivity contribution in [3.63, 3.8) is 0 Å². The number of aliphatic hydroxyl groups is 1. The summed E-state index contributed by atoms with van der Waals surface area (Å²) in [4.78, 5) is 11.9. The molecule has 0 aliphatic heterocycles. The van der Waals surface area contributed by atoms with E-state index in [4.69, 9.17) is 9.84 Å². The molecule has 1 aromatic carbocycles. The first-order valence-electron chi connectivity index (χ1n) is 6.17. The Labute approximate surface area is 108 Å². The lowest BCUT2D eigenvalue weighted by Gasteiger charge is -2.12. The second-order valence-corrected chi connectivity index (χ2v) is 4.45. The fraction of sp³-hybridized carbons (Fsp3) is 0.500. The van der Waals surface area contributed by atoms with Gasteiger partial charge in [-0.05, 0) is 30.0 Å². The number of ether oxygens (including phenoxy) is 1. The van der Waals surface area contributed by atoms with E-state index in [1.165, 1.54) is 0 Å². The van der Waals surface area contributed by atoms with Crippen LogP contribution in [-0.2, 0) is 0 Å². The summed E-state index contributed by atoms with van der Waals surface area (Å²) in [6.45, 7) is 4.72. The van der Waals surface area contributed by atoms with Crippen molar-refractivity contribution in [1.82, 2.24) is 5.32 Å². The van der Waals surface area contributed by atoms with Crippen molar-refractivity contribution in [2.75, 3.05) is 20.3 Å². The van der Waals surface area contributed by atoms with Crippen LogP contribution in [0.1, 0.15) is 42.1 Å². The molecule has 18 heavy (non-hydrogen) atoms. The number of carbonyl (C=O) groups is 1. The molecule has 1 amide bonds. The Balaban J connectivity index is 2.84. The highest BCUT2D eigenvalue weighted by Crippen LogP contribution is 2.24. The van der Waals surface area contributed by atoms with Crippen LogP contribution in [0, 0.1) is 0 Å². The molecule has 0 bridgehead atoms. The zero-order valence-corrected chi connectivity index (χ0v) is 11.2. The first kappa shape index (κ1) is 14.5. The maximum atomic E-state index is 11.9. The predicted molar refractivity (Wildman–Crippen MR) is 71.1 cm³/mol. The van der Waals surface area contributed by atoms with E-state index >= 15 is 0 Å². The van der Waals surface area contributed by atoms with Gasteiger partial charge in [0.05, 0.1) is 12.7 Å². The number of carbonyl (C=O) groups excluding carboxylic acids is 1. The fourth-order valence-electron chi connectivity index (χ4n) is 1.63. The Morgan fingerprint density at radius 2 is 2.17 bits per heavy atom. The van der Waals surface area contributed by atoms with Gasteiger partial charge in [-0.25, -0.2) is 0 Å². The number of hydrogen-bond acceptors (Lipinski definition) is 3. The molecule has 0 aromatic heterocycles. The molecule has 0 spiro atoms. The second-order valence-electron chi connectivity index (χ2n) is 4.45. The van der Waals surface area contributed by atoms with Crippen LogP contribution in [0.5, 0.6) is 5.75 Å². The van der Waals surface area contributed by atoms with E-state index in [0.29, 0.717) is 30.2 Å². The summed E-state index contributed by atoms with van der Waals surface area (Å²) in [5, 5.41) is 11.4. The van der Waals surface area contributed by atoms with Crippen molar-refractivity contribution in [2.45, 2.75) is 26.2 Å². The van der Waals surface area contributed by atoms with E-state index in [1.807, 2.05) is 12.1 Å². The van der Waals surface area contributed by atoms with Crippen molar-refractivity contribution in [3.05, 3.63) is 29.3 Å². The Bertz CT molecular complexity index is 402. The van der Waals surface area contributed by atoms with Gasteiger partial charge in [-0.1, -0.05) is 19.9 Å². The largest absolute Gasteiger partial charge is 0.496 e. The molecule has 0 aliphatic carbocycles. The third-order valence-corrected chi connectivity index (χ3v) is 2.76. The van der Waals surface area contributed by atoms with Gasteiger partial charge >= 0.3 is 0 Å². The first-order valence-corrected chi connectivity index (χ1v) is 6.17. The molecule has 0 aliphatic rings. The first-order chi connectivity index (χ1) is 8.60. The zero-order chi connectivity index (χ0) is 13.5. The van der Waals surface area contributed by atoms with Crippen molar-refractivity contribution < 1.29 is 14.6 Å². The van der Waals surface area contributed by atoms with Crippen LogP contribution in [0.25, 0.3) is 0 Å². The molecule has 0 unspecified atom stereocenters. The Hall–Kier alpha value is -1.55. The summed E-state index contributed by atoms with van der Waals surface area (Å²) in [6, 6.07) is 5.61. The molecule has 0 heterocycles. The minimum Gasteiger partial charge on any atom is -0.496 e. The number of aliphatic hydroxyl groups excluding tert-OH is 1. The van der Waals surface area contributed by atoms with Crippen molar-refractivity contribution >= 4 is 5.91 Å². The lowest BCUT2D eigenvalue weighted by atomic mass is 10.0. The average molecular weight is 251 g/mol. The minimum absolute atomic E-state index is 0.0731. The molecule has 100 valence electrons. The Kier molecular flexibility index (Phi) is 5.65. The van der Waals surface area contributed by atoms with Crippen molar-refractivity contribution in [3.8, 4) is 5.75 Å². The van der Waals surface area contributed by atoms with Gasteiger partial charge in [-0.2, -0.15) is 0 Å². The molecule has 4 heteroatoms. The number of methoxy groups -OCH3 is 1. The molecule has 0 saturated carbocycles. The minimum atomic E-state index is -0.171. The number of nitrogens with one attached hydrogen (secondary N) is 1. The van der Waals surface area contributed by atoms with E-state index < -0.39 is 0 Å². The van der Waals surface area contributed by atoms with Crippen LogP contribution in [0.4, 0.5) is 0 Å². The number of amides is 1. The van der Waals surface area contributed by atoms with Crippen molar-refractivity contribution in [1.29, 1.82) is 0 Å². The van der Waals surface area contributed by atoms with E-state index in [-0.39, 0.29) is 12.5 Å². The number of rotatable bonds is 6. The van der Waals surface area contributed by atoms with Crippen LogP contribution < -0.4 is 10.1 Å². The predicted octanol–water partition coefficient (Wildman–Crippen LogP) is 1.93. The molecule has 0 fully saturated rings. The van der Waals surface area contributed by atoms with Gasteiger partial charge < -0.3 is 15.2 Å². The monoisotopic (exact) mass is 251 g/mol. The zero-order valence-electron chi connectivity index (χ0n) is 11.2. The van der Waals surface area contributed by atoms with Crippen LogP contribution in [0.2, 0.25) is 0 Å². The van der Waals surface area contributed by atoms with Gasteiger partial charge in [0.25, 0.3) is 5.91 Å². The standard InChI is InChI=1S/C14H21NO3/c1-10(2)11-5-6-12(13(9-11)18-3)14(17)15-7-4-8-16/h5-6,9-10,16H,4,7-8H2,1-3H3,(H,15,17). The lowest BCUT2D eigenvalue weighted by Crippen LogP contribution is -2.25. The smallest absolute Gasteiger partial charge is 0.255 e. The summed E-state index contributed by atoms with van der Waals surface area (Å²) in [7, 11) is 1.56. The van der Waals surface area contributed by atoms with Crippen LogP contribution in [0.15, 0.2) is 18.2 Å². The van der Waals surface area contributed by atoms with Gasteiger partial charge in [-0.3, -0.25) is 4.79 Å². The molecule has 1 rings (SSSR count). The summed E-state index contributed by atoms with van der Waals surface area (Å²) in [5.41, 5.74) is 1.67. The SMILES string of the molecule is COc1cc(C(C)C)ccc1C(=O)NCCCO. The highest BCUT2D eigenvalue weighted by atomic mass is 16.5. The topological polar surface area (TPSA) is 58.6 Å². The molecule has 4 nitrogen and oxygen atoms in total. The van der Waals surface area contributed by atoms with E-state index in [2.05, 4.69) is 19.2 Å². The van der Waals surface area contributed by atoms with E-state index in [9.17, 15) is 4.79 Å². The normalized spacial score (nSPS) is 10.5. The highest BCUT2D eigenvalue weighted by Gasteiger charge is 2.13. The third-order valence-electron chi connectivity index (χ3n) is 2.76. The van der Waals surface area contributed by atoms with E-state index in [0.717, 1.165) is 5.56 Å². The van der Waals surface area contributed by atoms with Gasteiger partial charge in [0, 0.05) is 13.2 Å². The average Bonchev–Trinajstić information content (AvgIpc) is 2.38. The maximum absolute atomic E-state index is 11.9. The second kappa shape index (κ2) is 7.01. The summed E-state index contributed by atoms with van der Waals surface area (Å²) < 4.78 is 5.25. The van der Waals surface area contributed by atoms with Gasteiger partial charge in [0.1, 0.15) is 5.75 Å². The van der Waals surface area contributed by atoms with Crippen molar-refractivity contribution in [2.24, 2.45) is 0 Å². The van der Waals surface area contributed by atoms with E-state index in [1.54, 1.807) is 13.2 Å². The molecule has 0 atom stereocenters. The summed E-state index contributed by atoms with van der Waals surface area (Å²) in [6.07, 6.45) is 0.554. The molecule has 0 radical (unpaired) electrons. The molecule has 0 saturated heterocycles. The lowest BCUT2D eigenvalue weighted by molar-refractivity contribution is 0.0948. The Morgan fingerprint density at radius 3 is 2.72 bits per heavy atom. The van der Waals surface area contributed by atoms with Gasteiger partial charge in [0.2, 0.25) is 0 Å². The maximum Gasteiger partial charge on any atom is 0.255 e. The third kappa shape index (κ3) is 3.74. The molecular weight excluding hydrogens is 230 g/mol.